The van der Waals surface area contributed by atoms with Crippen molar-refractivity contribution in [2.24, 2.45) is 0 Å². The highest BCUT2D eigenvalue weighted by molar-refractivity contribution is 5.94. The first-order chi connectivity index (χ1) is 7.69. The van der Waals surface area contributed by atoms with Crippen molar-refractivity contribution in [2.45, 2.75) is 12.5 Å². The molecule has 1 atom stereocenters. The number of furan rings is 1. The van der Waals surface area contributed by atoms with Gasteiger partial charge in [0.15, 0.2) is 5.76 Å². The maximum atomic E-state index is 11.5. The predicted octanol–water partition coefficient (Wildman–Crippen LogP) is -0.0666. The van der Waals surface area contributed by atoms with Gasteiger partial charge in [0, 0.05) is 13.0 Å². The normalized spacial score (nSPS) is 11.9. The summed E-state index contributed by atoms with van der Waals surface area (Å²) in [5.41, 5.74) is 0. The molecule has 1 amide bonds. The van der Waals surface area contributed by atoms with E-state index in [4.69, 9.17) is 9.52 Å². The second-order valence-corrected chi connectivity index (χ2v) is 3.04. The van der Waals surface area contributed by atoms with Crippen LogP contribution in [0, 0.1) is 0 Å². The molecule has 1 aromatic heterocycles. The maximum Gasteiger partial charge on any atom is 0.328 e. The smallest absolute Gasteiger partial charge is 0.328 e. The highest BCUT2D eigenvalue weighted by atomic mass is 16.5. The Morgan fingerprint density at radius 3 is 2.88 bits per heavy atom. The molecular weight excluding hydrogens is 214 g/mol. The molecule has 6 heteroatoms. The molecule has 1 rings (SSSR count). The van der Waals surface area contributed by atoms with Gasteiger partial charge in [0.1, 0.15) is 6.04 Å². The molecule has 1 unspecified atom stereocenters. The third-order valence-electron chi connectivity index (χ3n) is 1.95. The van der Waals surface area contributed by atoms with Crippen molar-refractivity contribution in [3.05, 3.63) is 24.2 Å². The van der Waals surface area contributed by atoms with Crippen LogP contribution in [0.4, 0.5) is 0 Å². The number of hydrogen-bond acceptors (Lipinski definition) is 5. The summed E-state index contributed by atoms with van der Waals surface area (Å²) >= 11 is 0. The fourth-order valence-electron chi connectivity index (χ4n) is 1.16. The van der Waals surface area contributed by atoms with Crippen molar-refractivity contribution in [1.29, 1.82) is 0 Å². The Morgan fingerprint density at radius 1 is 1.62 bits per heavy atom. The molecule has 1 aromatic rings. The van der Waals surface area contributed by atoms with Gasteiger partial charge in [0.2, 0.25) is 0 Å². The summed E-state index contributed by atoms with van der Waals surface area (Å²) < 4.78 is 9.35. The summed E-state index contributed by atoms with van der Waals surface area (Å²) in [6.45, 7) is -0.224. The Balaban J connectivity index is 2.61. The van der Waals surface area contributed by atoms with Gasteiger partial charge in [-0.1, -0.05) is 0 Å². The lowest BCUT2D eigenvalue weighted by Crippen LogP contribution is -2.42. The van der Waals surface area contributed by atoms with E-state index >= 15 is 0 Å². The van der Waals surface area contributed by atoms with Gasteiger partial charge in [0.05, 0.1) is 13.4 Å². The van der Waals surface area contributed by atoms with Gasteiger partial charge < -0.3 is 19.6 Å². The van der Waals surface area contributed by atoms with Crippen LogP contribution in [0.2, 0.25) is 0 Å². The van der Waals surface area contributed by atoms with E-state index in [1.54, 1.807) is 6.07 Å². The summed E-state index contributed by atoms with van der Waals surface area (Å²) in [5.74, 6) is -1.02. The van der Waals surface area contributed by atoms with Crippen LogP contribution in [0.15, 0.2) is 22.8 Å². The van der Waals surface area contributed by atoms with E-state index in [1.807, 2.05) is 0 Å². The molecule has 1 heterocycles. The molecule has 0 saturated heterocycles. The third-order valence-corrected chi connectivity index (χ3v) is 1.95. The van der Waals surface area contributed by atoms with Gasteiger partial charge in [-0.3, -0.25) is 4.79 Å². The van der Waals surface area contributed by atoms with Gasteiger partial charge in [0.25, 0.3) is 5.91 Å². The van der Waals surface area contributed by atoms with Crippen molar-refractivity contribution in [2.75, 3.05) is 13.7 Å². The lowest BCUT2D eigenvalue weighted by atomic mass is 10.2. The fourth-order valence-corrected chi connectivity index (χ4v) is 1.16. The van der Waals surface area contributed by atoms with Crippen molar-refractivity contribution >= 4 is 11.9 Å². The number of amides is 1. The molecular formula is C10H13NO5. The first kappa shape index (κ1) is 12.3. The van der Waals surface area contributed by atoms with Crippen LogP contribution < -0.4 is 5.32 Å². The first-order valence-corrected chi connectivity index (χ1v) is 4.72. The van der Waals surface area contributed by atoms with Gasteiger partial charge in [-0.2, -0.15) is 0 Å². The van der Waals surface area contributed by atoms with E-state index < -0.39 is 17.9 Å². The van der Waals surface area contributed by atoms with Crippen molar-refractivity contribution < 1.29 is 23.8 Å². The van der Waals surface area contributed by atoms with E-state index in [0.29, 0.717) is 0 Å². The quantitative estimate of drug-likeness (QED) is 0.687. The third kappa shape index (κ3) is 3.09. The number of rotatable bonds is 5. The Kier molecular flexibility index (Phi) is 4.53. The largest absolute Gasteiger partial charge is 0.467 e. The van der Waals surface area contributed by atoms with E-state index in [-0.39, 0.29) is 18.8 Å². The fraction of sp³-hybridized carbons (Fsp3) is 0.400. The Labute approximate surface area is 92.2 Å². The van der Waals surface area contributed by atoms with E-state index in [9.17, 15) is 9.59 Å². The van der Waals surface area contributed by atoms with Crippen LogP contribution in [-0.4, -0.2) is 36.7 Å². The topological polar surface area (TPSA) is 88.8 Å². The number of ether oxygens (including phenoxy) is 1. The zero-order valence-electron chi connectivity index (χ0n) is 8.80. The molecule has 0 radical (unpaired) electrons. The van der Waals surface area contributed by atoms with Crippen molar-refractivity contribution in [3.8, 4) is 0 Å². The molecule has 0 aliphatic carbocycles. The van der Waals surface area contributed by atoms with Gasteiger partial charge in [-0.25, -0.2) is 4.79 Å². The molecule has 0 spiro atoms. The molecule has 16 heavy (non-hydrogen) atoms. The number of carbonyl (C=O) groups is 2. The molecule has 0 aliphatic heterocycles. The number of nitrogens with one attached hydrogen (secondary N) is 1. The maximum absolute atomic E-state index is 11.5. The number of aliphatic hydroxyl groups is 1. The minimum atomic E-state index is -0.868. The van der Waals surface area contributed by atoms with E-state index in [2.05, 4.69) is 10.1 Å². The lowest BCUT2D eigenvalue weighted by Gasteiger charge is -2.14. The first-order valence-electron chi connectivity index (χ1n) is 4.72. The number of hydrogen-bond donors (Lipinski definition) is 2. The van der Waals surface area contributed by atoms with Gasteiger partial charge in [-0.15, -0.1) is 0 Å². The Bertz CT molecular complexity index is 346. The summed E-state index contributed by atoms with van der Waals surface area (Å²) in [6.07, 6.45) is 1.45. The molecule has 0 aromatic carbocycles. The highest BCUT2D eigenvalue weighted by Gasteiger charge is 2.22. The number of methoxy groups -OCH3 is 1. The minimum Gasteiger partial charge on any atom is -0.467 e. The Morgan fingerprint density at radius 2 is 2.38 bits per heavy atom. The molecule has 0 saturated carbocycles. The van der Waals surface area contributed by atoms with Crippen LogP contribution in [0.3, 0.4) is 0 Å². The molecule has 0 aliphatic rings. The van der Waals surface area contributed by atoms with Crippen molar-refractivity contribution in [3.63, 3.8) is 0 Å². The van der Waals surface area contributed by atoms with E-state index in [1.165, 1.54) is 19.4 Å². The highest BCUT2D eigenvalue weighted by Crippen LogP contribution is 2.02. The standard InChI is InChI=1S/C10H13NO5/c1-15-10(14)7(4-5-12)11-9(13)8-3-2-6-16-8/h2-3,6-7,12H,4-5H2,1H3,(H,11,13). The Hall–Kier alpha value is -1.82. The van der Waals surface area contributed by atoms with Crippen LogP contribution in [0.1, 0.15) is 17.0 Å². The number of carbonyl (C=O) groups excluding carboxylic acids is 2. The number of aliphatic hydroxyl groups excluding tert-OH is 1. The molecule has 88 valence electrons. The predicted molar refractivity (Wildman–Crippen MR) is 53.7 cm³/mol. The lowest BCUT2D eigenvalue weighted by molar-refractivity contribution is -0.143. The van der Waals surface area contributed by atoms with Crippen LogP contribution in [0.5, 0.6) is 0 Å². The van der Waals surface area contributed by atoms with Crippen molar-refractivity contribution in [1.82, 2.24) is 5.32 Å². The van der Waals surface area contributed by atoms with Gasteiger partial charge in [-0.05, 0) is 12.1 Å². The minimum absolute atomic E-state index is 0.0964. The number of esters is 1. The molecule has 6 nitrogen and oxygen atoms in total. The van der Waals surface area contributed by atoms with Gasteiger partial charge >= 0.3 is 5.97 Å². The summed E-state index contributed by atoms with van der Waals surface area (Å²) in [4.78, 5) is 22.7. The zero-order chi connectivity index (χ0) is 12.0. The second-order valence-electron chi connectivity index (χ2n) is 3.04. The van der Waals surface area contributed by atoms with E-state index in [0.717, 1.165) is 0 Å². The monoisotopic (exact) mass is 227 g/mol. The molecule has 0 fully saturated rings. The SMILES string of the molecule is COC(=O)C(CCO)NC(=O)c1ccco1. The summed E-state index contributed by atoms with van der Waals surface area (Å²) in [6, 6.07) is 2.17. The zero-order valence-corrected chi connectivity index (χ0v) is 8.80. The molecule has 0 bridgehead atoms. The second kappa shape index (κ2) is 5.92. The summed E-state index contributed by atoms with van der Waals surface area (Å²) in [5, 5.41) is 11.1. The summed E-state index contributed by atoms with van der Waals surface area (Å²) in [7, 11) is 1.21. The average Bonchev–Trinajstić information content (AvgIpc) is 2.80. The van der Waals surface area contributed by atoms with Crippen LogP contribution in [-0.2, 0) is 9.53 Å². The van der Waals surface area contributed by atoms with Crippen LogP contribution in [0.25, 0.3) is 0 Å². The van der Waals surface area contributed by atoms with Crippen LogP contribution >= 0.6 is 0 Å². The molecule has 2 N–H and O–H groups in total. The average molecular weight is 227 g/mol.